The van der Waals surface area contributed by atoms with Gasteiger partial charge in [-0.1, -0.05) is 71.2 Å². The lowest BCUT2D eigenvalue weighted by Gasteiger charge is -2.23. The third-order valence-corrected chi connectivity index (χ3v) is 5.05. The van der Waals surface area contributed by atoms with Crippen molar-refractivity contribution in [1.82, 2.24) is 0 Å². The van der Waals surface area contributed by atoms with Crippen molar-refractivity contribution < 1.29 is 0 Å². The molecule has 0 amide bonds. The summed E-state index contributed by atoms with van der Waals surface area (Å²) in [6, 6.07) is 23.1. The Morgan fingerprint density at radius 1 is 0.556 bits per heavy atom. The highest BCUT2D eigenvalue weighted by Crippen LogP contribution is 2.24. The molecule has 140 valence electrons. The summed E-state index contributed by atoms with van der Waals surface area (Å²) in [4.78, 5) is 0. The number of rotatable bonds is 8. The molecule has 0 aromatic heterocycles. The molecule has 0 aliphatic rings. The number of hydrogen-bond acceptors (Lipinski definition) is 3. The molecule has 0 saturated heterocycles. The van der Waals surface area contributed by atoms with Gasteiger partial charge in [0.2, 0.25) is 0 Å². The summed E-state index contributed by atoms with van der Waals surface area (Å²) in [5, 5.41) is 12.3. The average molecular weight is 421 g/mol. The van der Waals surface area contributed by atoms with Gasteiger partial charge in [-0.3, -0.25) is 0 Å². The third kappa shape index (κ3) is 5.70. The second-order valence-electron chi connectivity index (χ2n) is 6.04. The van der Waals surface area contributed by atoms with Crippen molar-refractivity contribution in [2.75, 3.05) is 29.0 Å². The van der Waals surface area contributed by atoms with Crippen LogP contribution in [-0.2, 0) is 0 Å². The lowest BCUT2D eigenvalue weighted by Crippen LogP contribution is -2.35. The first-order valence-corrected chi connectivity index (χ1v) is 9.75. The highest BCUT2D eigenvalue weighted by Gasteiger charge is 2.12. The minimum atomic E-state index is 0.0393. The molecule has 0 spiro atoms. The fourth-order valence-electron chi connectivity index (χ4n) is 2.65. The summed E-state index contributed by atoms with van der Waals surface area (Å²) in [6.07, 6.45) is 0. The maximum Gasteiger partial charge on any atom is 0.0637 e. The lowest BCUT2D eigenvalue weighted by molar-refractivity contribution is 0.786. The van der Waals surface area contributed by atoms with Crippen LogP contribution in [0.1, 0.15) is 0 Å². The number of anilines is 3. The van der Waals surface area contributed by atoms with Crippen LogP contribution < -0.4 is 16.0 Å². The van der Waals surface area contributed by atoms with Crippen LogP contribution in [0.15, 0.2) is 72.8 Å². The topological polar surface area (TPSA) is 36.1 Å². The van der Waals surface area contributed by atoms with Crippen molar-refractivity contribution in [1.29, 1.82) is 0 Å². The monoisotopic (exact) mass is 419 g/mol. The first kappa shape index (κ1) is 19.7. The van der Waals surface area contributed by atoms with Crippen molar-refractivity contribution in [3.05, 3.63) is 87.9 Å². The van der Waals surface area contributed by atoms with Crippen LogP contribution >= 0.6 is 34.8 Å². The Morgan fingerprint density at radius 3 is 1.33 bits per heavy atom. The Morgan fingerprint density at radius 2 is 0.926 bits per heavy atom. The van der Waals surface area contributed by atoms with Gasteiger partial charge in [-0.2, -0.15) is 0 Å². The minimum Gasteiger partial charge on any atom is -0.382 e. The Bertz CT molecular complexity index is 836. The van der Waals surface area contributed by atoms with Crippen LogP contribution in [0.4, 0.5) is 17.1 Å². The normalized spacial score (nSPS) is 10.7. The average Bonchev–Trinajstić information content (AvgIpc) is 2.68. The quantitative estimate of drug-likeness (QED) is 0.382. The van der Waals surface area contributed by atoms with E-state index in [4.69, 9.17) is 34.8 Å². The molecule has 0 saturated carbocycles. The van der Waals surface area contributed by atoms with E-state index in [2.05, 4.69) is 16.0 Å². The number of hydrogen-bond donors (Lipinski definition) is 3. The van der Waals surface area contributed by atoms with Crippen LogP contribution in [0.5, 0.6) is 0 Å². The molecule has 6 heteroatoms. The second kappa shape index (κ2) is 9.75. The zero-order valence-electron chi connectivity index (χ0n) is 14.6. The molecule has 3 nitrogen and oxygen atoms in total. The smallest absolute Gasteiger partial charge is 0.0637 e. The Hall–Kier alpha value is -2.07. The van der Waals surface area contributed by atoms with Crippen LogP contribution in [-0.4, -0.2) is 19.1 Å². The molecule has 0 aliphatic heterocycles. The van der Waals surface area contributed by atoms with Gasteiger partial charge in [0, 0.05) is 13.1 Å². The fraction of sp³-hybridized carbons (Fsp3) is 0.143. The summed E-state index contributed by atoms with van der Waals surface area (Å²) >= 11 is 18.8. The third-order valence-electron chi connectivity index (χ3n) is 4.06. The molecule has 0 radical (unpaired) electrons. The lowest BCUT2D eigenvalue weighted by atomic mass is 10.2. The van der Waals surface area contributed by atoms with E-state index in [1.807, 2.05) is 72.8 Å². The first-order valence-electron chi connectivity index (χ1n) is 8.61. The van der Waals surface area contributed by atoms with Gasteiger partial charge in [-0.15, -0.1) is 0 Å². The van der Waals surface area contributed by atoms with Crippen molar-refractivity contribution in [2.45, 2.75) is 6.04 Å². The van der Waals surface area contributed by atoms with Gasteiger partial charge in [0.15, 0.2) is 0 Å². The summed E-state index contributed by atoms with van der Waals surface area (Å²) in [6.45, 7) is 1.29. The van der Waals surface area contributed by atoms with Gasteiger partial charge in [0.05, 0.1) is 38.2 Å². The molecule has 0 bridgehead atoms. The van der Waals surface area contributed by atoms with E-state index in [0.29, 0.717) is 28.2 Å². The Kier molecular flexibility index (Phi) is 7.11. The summed E-state index contributed by atoms with van der Waals surface area (Å²) < 4.78 is 0. The standard InChI is InChI=1S/C21H20Cl3N3/c22-16-7-1-4-10-19(16)25-13-15(27-21-12-6-3-9-18(21)24)14-26-20-11-5-2-8-17(20)23/h1-12,15,25-27H,13-14H2. The highest BCUT2D eigenvalue weighted by atomic mass is 35.5. The molecule has 3 N–H and O–H groups in total. The van der Waals surface area contributed by atoms with E-state index in [9.17, 15) is 0 Å². The molecule has 3 aromatic rings. The molecule has 0 heterocycles. The second-order valence-corrected chi connectivity index (χ2v) is 7.26. The van der Waals surface area contributed by atoms with Gasteiger partial charge >= 0.3 is 0 Å². The molecule has 0 fully saturated rings. The summed E-state index contributed by atoms with van der Waals surface area (Å²) in [7, 11) is 0. The molecule has 0 unspecified atom stereocenters. The number of nitrogens with one attached hydrogen (secondary N) is 3. The minimum absolute atomic E-state index is 0.0393. The molecular formula is C21H20Cl3N3. The Labute approximate surface area is 174 Å². The van der Waals surface area contributed by atoms with E-state index in [-0.39, 0.29) is 6.04 Å². The highest BCUT2D eigenvalue weighted by molar-refractivity contribution is 6.33. The van der Waals surface area contributed by atoms with Gasteiger partial charge in [0.25, 0.3) is 0 Å². The SMILES string of the molecule is Clc1ccccc1NCC(CNc1ccccc1Cl)Nc1ccccc1Cl. The fourth-order valence-corrected chi connectivity index (χ4v) is 3.24. The molecule has 0 atom stereocenters. The molecule has 3 aromatic carbocycles. The van der Waals surface area contributed by atoms with Gasteiger partial charge < -0.3 is 16.0 Å². The number of para-hydroxylation sites is 3. The molecule has 0 aliphatic carbocycles. The van der Waals surface area contributed by atoms with Crippen molar-refractivity contribution in [3.63, 3.8) is 0 Å². The van der Waals surface area contributed by atoms with E-state index < -0.39 is 0 Å². The molecule has 27 heavy (non-hydrogen) atoms. The van der Waals surface area contributed by atoms with Crippen molar-refractivity contribution >= 4 is 51.9 Å². The van der Waals surface area contributed by atoms with Gasteiger partial charge in [-0.05, 0) is 36.4 Å². The van der Waals surface area contributed by atoms with Crippen molar-refractivity contribution in [2.24, 2.45) is 0 Å². The Balaban J connectivity index is 1.70. The van der Waals surface area contributed by atoms with Crippen LogP contribution in [0, 0.1) is 0 Å². The van der Waals surface area contributed by atoms with Crippen LogP contribution in [0.2, 0.25) is 15.1 Å². The van der Waals surface area contributed by atoms with Gasteiger partial charge in [0.1, 0.15) is 0 Å². The summed E-state index contributed by atoms with van der Waals surface area (Å²) in [5.74, 6) is 0. The largest absolute Gasteiger partial charge is 0.382 e. The van der Waals surface area contributed by atoms with Crippen molar-refractivity contribution in [3.8, 4) is 0 Å². The zero-order chi connectivity index (χ0) is 19.1. The maximum absolute atomic E-state index is 6.31. The predicted molar refractivity (Wildman–Crippen MR) is 119 cm³/mol. The van der Waals surface area contributed by atoms with E-state index in [1.54, 1.807) is 0 Å². The summed E-state index contributed by atoms with van der Waals surface area (Å²) in [5.41, 5.74) is 2.66. The van der Waals surface area contributed by atoms with Gasteiger partial charge in [-0.25, -0.2) is 0 Å². The first-order chi connectivity index (χ1) is 13.1. The number of benzene rings is 3. The van der Waals surface area contributed by atoms with E-state index >= 15 is 0 Å². The molecular weight excluding hydrogens is 401 g/mol. The number of halogens is 3. The van der Waals surface area contributed by atoms with Crippen LogP contribution in [0.3, 0.4) is 0 Å². The molecule has 3 rings (SSSR count). The predicted octanol–water partition coefficient (Wildman–Crippen LogP) is 6.65. The van der Waals surface area contributed by atoms with E-state index in [0.717, 1.165) is 17.1 Å². The van der Waals surface area contributed by atoms with Crippen LogP contribution in [0.25, 0.3) is 0 Å². The zero-order valence-corrected chi connectivity index (χ0v) is 16.8. The maximum atomic E-state index is 6.31. The van der Waals surface area contributed by atoms with E-state index in [1.165, 1.54) is 0 Å².